The second-order valence-corrected chi connectivity index (χ2v) is 3.67. The number of amides is 1. The third kappa shape index (κ3) is 4.14. The minimum Gasteiger partial charge on any atom is -0.497 e. The number of hydrogen-bond donors (Lipinski definition) is 1. The number of aliphatic carboxylic acids is 1. The number of methoxy groups -OCH3 is 1. The van der Waals surface area contributed by atoms with Gasteiger partial charge in [0.05, 0.1) is 7.11 Å². The van der Waals surface area contributed by atoms with E-state index in [0.717, 1.165) is 11.3 Å². The number of rotatable bonds is 5. The smallest absolute Gasteiger partial charge is 0.312 e. The highest BCUT2D eigenvalue weighted by molar-refractivity contribution is 5.93. The Balaban J connectivity index is 2.57. The fourth-order valence-electron chi connectivity index (χ4n) is 1.36. The quantitative estimate of drug-likeness (QED) is 0.779. The molecule has 0 bridgehead atoms. The van der Waals surface area contributed by atoms with Crippen LogP contribution in [-0.4, -0.2) is 36.0 Å². The van der Waals surface area contributed by atoms with E-state index in [0.29, 0.717) is 6.54 Å². The van der Waals surface area contributed by atoms with E-state index in [4.69, 9.17) is 9.84 Å². The van der Waals surface area contributed by atoms with E-state index in [-0.39, 0.29) is 0 Å². The molecule has 1 aromatic rings. The van der Waals surface area contributed by atoms with Gasteiger partial charge >= 0.3 is 5.97 Å². The van der Waals surface area contributed by atoms with Crippen LogP contribution in [-0.2, 0) is 16.1 Å². The lowest BCUT2D eigenvalue weighted by atomic mass is 10.2. The molecule has 0 aromatic heterocycles. The van der Waals surface area contributed by atoms with Crippen LogP contribution in [0, 0.1) is 0 Å². The van der Waals surface area contributed by atoms with Crippen LogP contribution in [0.3, 0.4) is 0 Å². The summed E-state index contributed by atoms with van der Waals surface area (Å²) in [6.07, 6.45) is -0.480. The summed E-state index contributed by atoms with van der Waals surface area (Å²) in [5.41, 5.74) is 0.923. The predicted octanol–water partition coefficient (Wildman–Crippen LogP) is 1.13. The van der Waals surface area contributed by atoms with Gasteiger partial charge in [0.15, 0.2) is 0 Å². The van der Waals surface area contributed by atoms with Crippen LogP contribution in [0.1, 0.15) is 12.0 Å². The Morgan fingerprint density at radius 1 is 1.29 bits per heavy atom. The minimum atomic E-state index is -1.11. The highest BCUT2D eigenvalue weighted by Crippen LogP contribution is 2.12. The molecule has 1 N–H and O–H groups in total. The van der Waals surface area contributed by atoms with Crippen LogP contribution < -0.4 is 4.74 Å². The molecule has 0 aliphatic rings. The largest absolute Gasteiger partial charge is 0.497 e. The molecule has 92 valence electrons. The van der Waals surface area contributed by atoms with Crippen molar-refractivity contribution in [2.24, 2.45) is 0 Å². The zero-order valence-electron chi connectivity index (χ0n) is 9.84. The Morgan fingerprint density at radius 3 is 2.35 bits per heavy atom. The number of carbonyl (C=O) groups excluding carboxylic acids is 1. The molecule has 0 radical (unpaired) electrons. The molecule has 0 saturated carbocycles. The van der Waals surface area contributed by atoms with Crippen molar-refractivity contribution in [2.75, 3.05) is 14.2 Å². The first-order chi connectivity index (χ1) is 8.02. The number of ether oxygens (including phenoxy) is 1. The Kier molecular flexibility index (Phi) is 4.51. The lowest BCUT2D eigenvalue weighted by Crippen LogP contribution is -2.27. The van der Waals surface area contributed by atoms with Crippen molar-refractivity contribution in [1.29, 1.82) is 0 Å². The van der Waals surface area contributed by atoms with Gasteiger partial charge in [-0.15, -0.1) is 0 Å². The lowest BCUT2D eigenvalue weighted by molar-refractivity contribution is -0.143. The molecule has 0 aliphatic carbocycles. The Labute approximate surface area is 99.6 Å². The number of carboxylic acid groups (broad SMARTS) is 1. The summed E-state index contributed by atoms with van der Waals surface area (Å²) in [7, 11) is 3.16. The second kappa shape index (κ2) is 5.89. The van der Waals surface area contributed by atoms with Gasteiger partial charge in [0, 0.05) is 13.6 Å². The van der Waals surface area contributed by atoms with Gasteiger partial charge in [0.25, 0.3) is 0 Å². The van der Waals surface area contributed by atoms with Crippen LogP contribution in [0.5, 0.6) is 5.75 Å². The van der Waals surface area contributed by atoms with Crippen LogP contribution >= 0.6 is 0 Å². The van der Waals surface area contributed by atoms with E-state index in [2.05, 4.69) is 0 Å². The molecule has 5 heteroatoms. The summed E-state index contributed by atoms with van der Waals surface area (Å²) in [5.74, 6) is -0.779. The first-order valence-corrected chi connectivity index (χ1v) is 5.11. The van der Waals surface area contributed by atoms with Gasteiger partial charge in [-0.05, 0) is 17.7 Å². The monoisotopic (exact) mass is 237 g/mol. The van der Waals surface area contributed by atoms with Gasteiger partial charge in [-0.1, -0.05) is 12.1 Å². The van der Waals surface area contributed by atoms with Gasteiger partial charge in [-0.25, -0.2) is 0 Å². The summed E-state index contributed by atoms with van der Waals surface area (Å²) in [5, 5.41) is 8.50. The first kappa shape index (κ1) is 13.0. The highest BCUT2D eigenvalue weighted by Gasteiger charge is 2.12. The molecule has 0 spiro atoms. The molecule has 0 unspecified atom stereocenters. The third-order valence-electron chi connectivity index (χ3n) is 2.31. The highest BCUT2D eigenvalue weighted by atomic mass is 16.5. The third-order valence-corrected chi connectivity index (χ3v) is 2.31. The summed E-state index contributed by atoms with van der Waals surface area (Å²) < 4.78 is 5.02. The van der Waals surface area contributed by atoms with Gasteiger partial charge in [0.1, 0.15) is 12.2 Å². The Hall–Kier alpha value is -2.04. The van der Waals surface area contributed by atoms with Crippen molar-refractivity contribution in [3.8, 4) is 5.75 Å². The van der Waals surface area contributed by atoms with E-state index in [1.54, 1.807) is 26.3 Å². The topological polar surface area (TPSA) is 66.8 Å². The van der Waals surface area contributed by atoms with Crippen molar-refractivity contribution >= 4 is 11.9 Å². The minimum absolute atomic E-state index is 0.385. The van der Waals surface area contributed by atoms with Crippen molar-refractivity contribution in [2.45, 2.75) is 13.0 Å². The molecule has 17 heavy (non-hydrogen) atoms. The van der Waals surface area contributed by atoms with Crippen molar-refractivity contribution in [3.63, 3.8) is 0 Å². The van der Waals surface area contributed by atoms with E-state index in [1.807, 2.05) is 12.1 Å². The Bertz CT molecular complexity index is 399. The van der Waals surface area contributed by atoms with E-state index in [9.17, 15) is 9.59 Å². The number of benzene rings is 1. The maximum atomic E-state index is 11.4. The van der Waals surface area contributed by atoms with E-state index < -0.39 is 18.3 Å². The normalized spacial score (nSPS) is 9.76. The summed E-state index contributed by atoms with van der Waals surface area (Å²) in [4.78, 5) is 23.2. The fourth-order valence-corrected chi connectivity index (χ4v) is 1.36. The van der Waals surface area contributed by atoms with Gasteiger partial charge < -0.3 is 14.7 Å². The molecule has 5 nitrogen and oxygen atoms in total. The van der Waals surface area contributed by atoms with Crippen molar-refractivity contribution in [1.82, 2.24) is 4.90 Å². The molecular formula is C12H15NO4. The first-order valence-electron chi connectivity index (χ1n) is 5.11. The van der Waals surface area contributed by atoms with Crippen LogP contribution in [0.4, 0.5) is 0 Å². The molecule has 0 saturated heterocycles. The zero-order chi connectivity index (χ0) is 12.8. The Morgan fingerprint density at radius 2 is 1.88 bits per heavy atom. The molecule has 1 rings (SSSR count). The molecule has 1 amide bonds. The molecule has 1 aromatic carbocycles. The maximum absolute atomic E-state index is 11.4. The maximum Gasteiger partial charge on any atom is 0.312 e. The summed E-state index contributed by atoms with van der Waals surface area (Å²) in [6, 6.07) is 7.27. The van der Waals surface area contributed by atoms with Gasteiger partial charge in [0.2, 0.25) is 5.91 Å². The lowest BCUT2D eigenvalue weighted by Gasteiger charge is -2.16. The van der Waals surface area contributed by atoms with Crippen molar-refractivity contribution < 1.29 is 19.4 Å². The van der Waals surface area contributed by atoms with Crippen LogP contribution in [0.15, 0.2) is 24.3 Å². The fraction of sp³-hybridized carbons (Fsp3) is 0.333. The second-order valence-electron chi connectivity index (χ2n) is 3.67. The average molecular weight is 237 g/mol. The summed E-state index contributed by atoms with van der Waals surface area (Å²) >= 11 is 0. The number of nitrogens with zero attached hydrogens (tertiary/aromatic N) is 1. The number of carbonyl (C=O) groups is 2. The molecular weight excluding hydrogens is 222 g/mol. The zero-order valence-corrected chi connectivity index (χ0v) is 9.84. The molecule has 0 fully saturated rings. The van der Waals surface area contributed by atoms with E-state index in [1.165, 1.54) is 4.90 Å². The summed E-state index contributed by atoms with van der Waals surface area (Å²) in [6.45, 7) is 0.385. The van der Waals surface area contributed by atoms with Crippen molar-refractivity contribution in [3.05, 3.63) is 29.8 Å². The van der Waals surface area contributed by atoms with E-state index >= 15 is 0 Å². The van der Waals surface area contributed by atoms with Crippen LogP contribution in [0.2, 0.25) is 0 Å². The SMILES string of the molecule is COc1ccc(CN(C)C(=O)CC(=O)O)cc1. The predicted molar refractivity (Wildman–Crippen MR) is 61.7 cm³/mol. The molecule has 0 atom stereocenters. The molecule has 0 aliphatic heterocycles. The van der Waals surface area contributed by atoms with Crippen LogP contribution in [0.25, 0.3) is 0 Å². The number of hydrogen-bond acceptors (Lipinski definition) is 3. The van der Waals surface area contributed by atoms with Gasteiger partial charge in [-0.3, -0.25) is 9.59 Å². The average Bonchev–Trinajstić information content (AvgIpc) is 2.29. The van der Waals surface area contributed by atoms with Gasteiger partial charge in [-0.2, -0.15) is 0 Å². The number of carboxylic acids is 1. The standard InChI is InChI=1S/C12H15NO4/c1-13(11(14)7-12(15)16)8-9-3-5-10(17-2)6-4-9/h3-6H,7-8H2,1-2H3,(H,15,16). The molecule has 0 heterocycles.